The van der Waals surface area contributed by atoms with Gasteiger partial charge in [0.15, 0.2) is 5.82 Å². The van der Waals surface area contributed by atoms with Gasteiger partial charge in [0, 0.05) is 18.4 Å². The summed E-state index contributed by atoms with van der Waals surface area (Å²) in [5, 5.41) is 10.6. The molecule has 23 heavy (non-hydrogen) atoms. The van der Waals surface area contributed by atoms with E-state index in [1.54, 1.807) is 6.20 Å². The van der Waals surface area contributed by atoms with Crippen LogP contribution in [0.3, 0.4) is 0 Å². The fourth-order valence-electron chi connectivity index (χ4n) is 2.73. The van der Waals surface area contributed by atoms with E-state index in [1.165, 1.54) is 0 Å². The van der Waals surface area contributed by atoms with E-state index in [0.29, 0.717) is 6.54 Å². The quantitative estimate of drug-likeness (QED) is 0.891. The third-order valence-corrected chi connectivity index (χ3v) is 3.88. The van der Waals surface area contributed by atoms with E-state index in [4.69, 9.17) is 0 Å². The molecule has 1 fully saturated rings. The van der Waals surface area contributed by atoms with Gasteiger partial charge in [0.05, 0.1) is 11.7 Å². The molecule has 2 aromatic heterocycles. The predicted octanol–water partition coefficient (Wildman–Crippen LogP) is 1.67. The van der Waals surface area contributed by atoms with Crippen molar-refractivity contribution >= 4 is 18.3 Å². The molecule has 124 valence electrons. The topological polar surface area (TPSA) is 71.8 Å². The molecule has 0 spiro atoms. The summed E-state index contributed by atoms with van der Waals surface area (Å²) >= 11 is 0. The number of pyridine rings is 1. The van der Waals surface area contributed by atoms with Crippen molar-refractivity contribution < 1.29 is 4.79 Å². The molecule has 1 unspecified atom stereocenters. The van der Waals surface area contributed by atoms with Gasteiger partial charge in [-0.05, 0) is 50.9 Å². The number of halogens is 1. The highest BCUT2D eigenvalue weighted by Crippen LogP contribution is 2.10. The summed E-state index contributed by atoms with van der Waals surface area (Å²) in [5.74, 6) is 0.859. The number of rotatable bonds is 4. The van der Waals surface area contributed by atoms with Gasteiger partial charge in [-0.2, -0.15) is 5.10 Å². The van der Waals surface area contributed by atoms with E-state index in [1.807, 2.05) is 36.7 Å². The van der Waals surface area contributed by atoms with Crippen molar-refractivity contribution in [2.75, 3.05) is 6.54 Å². The van der Waals surface area contributed by atoms with Crippen molar-refractivity contribution in [2.24, 2.45) is 0 Å². The monoisotopic (exact) mass is 335 g/mol. The first kappa shape index (κ1) is 17.4. The van der Waals surface area contributed by atoms with Gasteiger partial charge in [-0.1, -0.05) is 6.07 Å². The van der Waals surface area contributed by atoms with Gasteiger partial charge in [0.1, 0.15) is 0 Å². The van der Waals surface area contributed by atoms with Crippen LogP contribution < -0.4 is 10.6 Å². The molecule has 7 heteroatoms. The minimum absolute atomic E-state index is 0. The number of carbonyl (C=O) groups excluding carboxylic acids is 1. The van der Waals surface area contributed by atoms with Crippen molar-refractivity contribution in [3.63, 3.8) is 0 Å². The van der Waals surface area contributed by atoms with Crippen LogP contribution in [0.1, 0.15) is 29.8 Å². The first-order chi connectivity index (χ1) is 10.6. The minimum Gasteiger partial charge on any atom is -0.351 e. The average molecular weight is 336 g/mol. The molecular weight excluding hydrogens is 314 g/mol. The normalized spacial score (nSPS) is 16.9. The molecule has 3 heterocycles. The van der Waals surface area contributed by atoms with Crippen LogP contribution in [0.25, 0.3) is 5.82 Å². The Balaban J connectivity index is 0.00000192. The van der Waals surface area contributed by atoms with Gasteiger partial charge in [0.25, 0.3) is 0 Å². The molecular formula is C16H22ClN5O. The lowest BCUT2D eigenvalue weighted by Gasteiger charge is -2.11. The smallest absolute Gasteiger partial charge is 0.237 e. The molecule has 6 nitrogen and oxygen atoms in total. The number of hydrogen-bond donors (Lipinski definition) is 2. The molecule has 1 atom stereocenters. The maximum Gasteiger partial charge on any atom is 0.237 e. The summed E-state index contributed by atoms with van der Waals surface area (Å²) in [4.78, 5) is 16.4. The van der Waals surface area contributed by atoms with E-state index in [9.17, 15) is 4.79 Å². The van der Waals surface area contributed by atoms with Gasteiger partial charge in [-0.15, -0.1) is 12.4 Å². The molecule has 2 aromatic rings. The summed E-state index contributed by atoms with van der Waals surface area (Å²) in [6, 6.07) is 5.88. The van der Waals surface area contributed by atoms with E-state index in [0.717, 1.165) is 42.2 Å². The number of hydrogen-bond acceptors (Lipinski definition) is 4. The zero-order valence-corrected chi connectivity index (χ0v) is 14.2. The predicted molar refractivity (Wildman–Crippen MR) is 91.0 cm³/mol. The number of aryl methyl sites for hydroxylation is 2. The third kappa shape index (κ3) is 4.09. The van der Waals surface area contributed by atoms with Gasteiger partial charge >= 0.3 is 0 Å². The maximum absolute atomic E-state index is 11.9. The lowest BCUT2D eigenvalue weighted by atomic mass is 10.2. The zero-order chi connectivity index (χ0) is 15.5. The number of amides is 1. The summed E-state index contributed by atoms with van der Waals surface area (Å²) in [7, 11) is 0. The Kier molecular flexibility index (Phi) is 5.74. The molecule has 1 aliphatic rings. The fourth-order valence-corrected chi connectivity index (χ4v) is 2.73. The van der Waals surface area contributed by atoms with E-state index >= 15 is 0 Å². The second-order valence-electron chi connectivity index (χ2n) is 5.73. The standard InChI is InChI=1S/C16H21N5O.ClH/c1-11-8-12(2)21(20-11)15-6-5-13(9-18-15)10-19-16(22)14-4-3-7-17-14;/h5-6,8-9,14,17H,3-4,7,10H2,1-2H3,(H,19,22);1H. The van der Waals surface area contributed by atoms with Gasteiger partial charge in [0.2, 0.25) is 5.91 Å². The van der Waals surface area contributed by atoms with Crippen molar-refractivity contribution in [2.45, 2.75) is 39.3 Å². The Bertz CT molecular complexity index is 662. The Morgan fingerprint density at radius 3 is 2.83 bits per heavy atom. The van der Waals surface area contributed by atoms with Gasteiger partial charge in [-0.25, -0.2) is 9.67 Å². The molecule has 0 saturated carbocycles. The molecule has 1 saturated heterocycles. The highest BCUT2D eigenvalue weighted by molar-refractivity contribution is 5.85. The molecule has 2 N–H and O–H groups in total. The molecule has 0 aliphatic carbocycles. The van der Waals surface area contributed by atoms with Crippen molar-refractivity contribution in [1.29, 1.82) is 0 Å². The largest absolute Gasteiger partial charge is 0.351 e. The average Bonchev–Trinajstić information content (AvgIpc) is 3.15. The van der Waals surface area contributed by atoms with Crippen LogP contribution in [0.15, 0.2) is 24.4 Å². The van der Waals surface area contributed by atoms with Crippen LogP contribution in [0, 0.1) is 13.8 Å². The highest BCUT2D eigenvalue weighted by atomic mass is 35.5. The Morgan fingerprint density at radius 1 is 1.43 bits per heavy atom. The molecule has 0 radical (unpaired) electrons. The van der Waals surface area contributed by atoms with E-state index in [2.05, 4.69) is 20.7 Å². The summed E-state index contributed by atoms with van der Waals surface area (Å²) in [6.07, 6.45) is 3.77. The van der Waals surface area contributed by atoms with Crippen LogP contribution in [0.4, 0.5) is 0 Å². The maximum atomic E-state index is 11.9. The first-order valence-electron chi connectivity index (χ1n) is 7.63. The summed E-state index contributed by atoms with van der Waals surface area (Å²) in [6.45, 7) is 5.40. The second kappa shape index (κ2) is 7.57. The molecule has 0 aromatic carbocycles. The first-order valence-corrected chi connectivity index (χ1v) is 7.63. The molecule has 1 amide bonds. The van der Waals surface area contributed by atoms with Crippen molar-refractivity contribution in [3.05, 3.63) is 41.3 Å². The van der Waals surface area contributed by atoms with Gasteiger partial charge in [-0.3, -0.25) is 4.79 Å². The van der Waals surface area contributed by atoms with Gasteiger partial charge < -0.3 is 10.6 Å². The Morgan fingerprint density at radius 2 is 2.26 bits per heavy atom. The number of aromatic nitrogens is 3. The summed E-state index contributed by atoms with van der Waals surface area (Å²) in [5.41, 5.74) is 3.01. The van der Waals surface area contributed by atoms with Crippen LogP contribution >= 0.6 is 12.4 Å². The number of nitrogens with zero attached hydrogens (tertiary/aromatic N) is 3. The van der Waals surface area contributed by atoms with E-state index in [-0.39, 0.29) is 24.4 Å². The fraction of sp³-hybridized carbons (Fsp3) is 0.438. The van der Waals surface area contributed by atoms with E-state index < -0.39 is 0 Å². The lowest BCUT2D eigenvalue weighted by molar-refractivity contribution is -0.122. The van der Waals surface area contributed by atoms with Crippen LogP contribution in [0.2, 0.25) is 0 Å². The zero-order valence-electron chi connectivity index (χ0n) is 13.4. The van der Waals surface area contributed by atoms with Crippen LogP contribution in [-0.2, 0) is 11.3 Å². The molecule has 0 bridgehead atoms. The van der Waals surface area contributed by atoms with Crippen LogP contribution in [0.5, 0.6) is 0 Å². The SMILES string of the molecule is Cc1cc(C)n(-c2ccc(CNC(=O)C3CCCN3)cn2)n1.Cl. The molecule has 1 aliphatic heterocycles. The summed E-state index contributed by atoms with van der Waals surface area (Å²) < 4.78 is 1.82. The Hall–Kier alpha value is -1.92. The number of nitrogens with one attached hydrogen (secondary N) is 2. The Labute approximate surface area is 142 Å². The van der Waals surface area contributed by atoms with Crippen molar-refractivity contribution in [3.8, 4) is 5.82 Å². The van der Waals surface area contributed by atoms with Crippen molar-refractivity contribution in [1.82, 2.24) is 25.4 Å². The second-order valence-corrected chi connectivity index (χ2v) is 5.73. The molecule has 3 rings (SSSR count). The third-order valence-electron chi connectivity index (χ3n) is 3.88. The highest BCUT2D eigenvalue weighted by Gasteiger charge is 2.21. The van der Waals surface area contributed by atoms with Crippen LogP contribution in [-0.4, -0.2) is 33.3 Å². The minimum atomic E-state index is -0.0399. The lowest BCUT2D eigenvalue weighted by Crippen LogP contribution is -2.40. The number of carbonyl (C=O) groups is 1.